The first-order valence-electron chi connectivity index (χ1n) is 6.55. The smallest absolute Gasteiger partial charge is 0.126 e. The molecule has 0 aliphatic carbocycles. The first kappa shape index (κ1) is 14.1. The third kappa shape index (κ3) is 2.81. The van der Waals surface area contributed by atoms with Gasteiger partial charge < -0.3 is 10.1 Å². The Labute approximate surface area is 119 Å². The molecule has 0 bridgehead atoms. The highest BCUT2D eigenvalue weighted by Crippen LogP contribution is 2.31. The van der Waals surface area contributed by atoms with Crippen molar-refractivity contribution in [1.82, 2.24) is 5.32 Å². The third-order valence-corrected chi connectivity index (χ3v) is 3.48. The highest BCUT2D eigenvalue weighted by molar-refractivity contribution is 5.72. The lowest BCUT2D eigenvalue weighted by Crippen LogP contribution is -2.11. The fraction of sp³-hybridized carbons (Fsp3) is 0.235. The first-order valence-corrected chi connectivity index (χ1v) is 6.55. The minimum absolute atomic E-state index is 0.316. The van der Waals surface area contributed by atoms with Crippen molar-refractivity contribution in [3.8, 4) is 22.9 Å². The number of hydrogen-bond acceptors (Lipinski definition) is 3. The van der Waals surface area contributed by atoms with Gasteiger partial charge in [0, 0.05) is 11.6 Å². The van der Waals surface area contributed by atoms with Crippen molar-refractivity contribution >= 4 is 0 Å². The van der Waals surface area contributed by atoms with Crippen molar-refractivity contribution in [2.45, 2.75) is 13.0 Å². The van der Waals surface area contributed by atoms with Crippen molar-refractivity contribution in [1.29, 1.82) is 5.26 Å². The summed E-state index contributed by atoms with van der Waals surface area (Å²) < 4.78 is 5.38. The summed E-state index contributed by atoms with van der Waals surface area (Å²) in [6, 6.07) is 16.2. The van der Waals surface area contributed by atoms with Gasteiger partial charge in [-0.3, -0.25) is 0 Å². The molecule has 3 nitrogen and oxygen atoms in total. The van der Waals surface area contributed by atoms with E-state index in [1.54, 1.807) is 13.2 Å². The predicted molar refractivity (Wildman–Crippen MR) is 80.6 cm³/mol. The molecular weight excluding hydrogens is 248 g/mol. The molecule has 2 aromatic rings. The van der Waals surface area contributed by atoms with Crippen LogP contribution in [0.3, 0.4) is 0 Å². The summed E-state index contributed by atoms with van der Waals surface area (Å²) in [5.74, 6) is 0.776. The highest BCUT2D eigenvalue weighted by Gasteiger charge is 2.08. The van der Waals surface area contributed by atoms with Gasteiger partial charge in [0.1, 0.15) is 5.75 Å². The van der Waals surface area contributed by atoms with E-state index in [1.807, 2.05) is 19.2 Å². The van der Waals surface area contributed by atoms with E-state index in [0.717, 1.165) is 16.9 Å². The molecule has 0 aliphatic rings. The molecule has 0 spiro atoms. The van der Waals surface area contributed by atoms with Gasteiger partial charge >= 0.3 is 0 Å². The summed E-state index contributed by atoms with van der Waals surface area (Å²) in [7, 11) is 3.58. The van der Waals surface area contributed by atoms with Crippen LogP contribution >= 0.6 is 0 Å². The summed E-state index contributed by atoms with van der Waals surface area (Å²) in [6.07, 6.45) is 0. The standard InChI is InChI=1S/C17H18N2O/c1-12(19-2)14-5-7-15(8-6-14)16-10-13(11-18)4-9-17(16)20-3/h4-10,12,19H,1-3H3. The molecule has 0 aromatic heterocycles. The second kappa shape index (κ2) is 6.23. The molecule has 102 valence electrons. The van der Waals surface area contributed by atoms with Crippen LogP contribution < -0.4 is 10.1 Å². The average Bonchev–Trinajstić information content (AvgIpc) is 2.53. The van der Waals surface area contributed by atoms with Crippen LogP contribution in [0.15, 0.2) is 42.5 Å². The molecule has 0 saturated carbocycles. The lowest BCUT2D eigenvalue weighted by atomic mass is 9.99. The summed E-state index contributed by atoms with van der Waals surface area (Å²) in [6.45, 7) is 2.12. The van der Waals surface area contributed by atoms with Gasteiger partial charge in [0.15, 0.2) is 0 Å². The molecule has 0 aliphatic heterocycles. The molecule has 3 heteroatoms. The van der Waals surface area contributed by atoms with E-state index in [2.05, 4.69) is 42.6 Å². The topological polar surface area (TPSA) is 45.0 Å². The summed E-state index contributed by atoms with van der Waals surface area (Å²) in [5, 5.41) is 12.2. The highest BCUT2D eigenvalue weighted by atomic mass is 16.5. The van der Waals surface area contributed by atoms with E-state index in [0.29, 0.717) is 11.6 Å². The van der Waals surface area contributed by atoms with Gasteiger partial charge in [-0.05, 0) is 43.3 Å². The number of ether oxygens (including phenoxy) is 1. The number of rotatable bonds is 4. The van der Waals surface area contributed by atoms with Gasteiger partial charge in [-0.25, -0.2) is 0 Å². The van der Waals surface area contributed by atoms with Gasteiger partial charge in [0.25, 0.3) is 0 Å². The Kier molecular flexibility index (Phi) is 4.39. The quantitative estimate of drug-likeness (QED) is 0.921. The molecular formula is C17H18N2O. The molecule has 0 amide bonds. The summed E-state index contributed by atoms with van der Waals surface area (Å²) in [5.41, 5.74) is 3.85. The van der Waals surface area contributed by atoms with Crippen LogP contribution in [0, 0.1) is 11.3 Å². The van der Waals surface area contributed by atoms with Crippen LogP contribution in [0.4, 0.5) is 0 Å². The number of nitrogens with one attached hydrogen (secondary N) is 1. The van der Waals surface area contributed by atoms with E-state index in [4.69, 9.17) is 10.00 Å². The van der Waals surface area contributed by atoms with Gasteiger partial charge in [-0.1, -0.05) is 24.3 Å². The zero-order valence-corrected chi connectivity index (χ0v) is 12.0. The zero-order valence-electron chi connectivity index (χ0n) is 12.0. The van der Waals surface area contributed by atoms with Crippen LogP contribution in [0.2, 0.25) is 0 Å². The molecule has 20 heavy (non-hydrogen) atoms. The molecule has 0 heterocycles. The van der Waals surface area contributed by atoms with Crippen molar-refractivity contribution < 1.29 is 4.74 Å². The average molecular weight is 266 g/mol. The van der Waals surface area contributed by atoms with E-state index in [-0.39, 0.29) is 0 Å². The van der Waals surface area contributed by atoms with Crippen LogP contribution in [-0.4, -0.2) is 14.2 Å². The number of methoxy groups -OCH3 is 1. The molecule has 1 N–H and O–H groups in total. The Morgan fingerprint density at radius 3 is 2.40 bits per heavy atom. The number of nitrogens with zero attached hydrogens (tertiary/aromatic N) is 1. The van der Waals surface area contributed by atoms with Crippen LogP contribution in [0.1, 0.15) is 24.1 Å². The second-order valence-corrected chi connectivity index (χ2v) is 4.66. The zero-order chi connectivity index (χ0) is 14.5. The summed E-state index contributed by atoms with van der Waals surface area (Å²) in [4.78, 5) is 0. The van der Waals surface area contributed by atoms with Crippen LogP contribution in [0.5, 0.6) is 5.75 Å². The lowest BCUT2D eigenvalue weighted by Gasteiger charge is -2.13. The first-order chi connectivity index (χ1) is 9.69. The Bertz CT molecular complexity index is 626. The fourth-order valence-corrected chi connectivity index (χ4v) is 2.12. The number of nitriles is 1. The van der Waals surface area contributed by atoms with Crippen molar-refractivity contribution in [2.75, 3.05) is 14.2 Å². The van der Waals surface area contributed by atoms with Crippen LogP contribution in [0.25, 0.3) is 11.1 Å². The number of benzene rings is 2. The van der Waals surface area contributed by atoms with Crippen molar-refractivity contribution in [3.05, 3.63) is 53.6 Å². The van der Waals surface area contributed by atoms with Crippen molar-refractivity contribution in [3.63, 3.8) is 0 Å². The van der Waals surface area contributed by atoms with E-state index < -0.39 is 0 Å². The second-order valence-electron chi connectivity index (χ2n) is 4.66. The van der Waals surface area contributed by atoms with Gasteiger partial charge in [-0.2, -0.15) is 5.26 Å². The SMILES string of the molecule is CNC(C)c1ccc(-c2cc(C#N)ccc2OC)cc1. The Balaban J connectivity index is 2.43. The molecule has 1 unspecified atom stereocenters. The normalized spacial score (nSPS) is 11.7. The Morgan fingerprint density at radius 2 is 1.85 bits per heavy atom. The molecule has 2 aromatic carbocycles. The predicted octanol–water partition coefficient (Wildman–Crippen LogP) is 3.51. The maximum absolute atomic E-state index is 9.02. The van der Waals surface area contributed by atoms with E-state index in [9.17, 15) is 0 Å². The van der Waals surface area contributed by atoms with Gasteiger partial charge in [0.2, 0.25) is 0 Å². The monoisotopic (exact) mass is 266 g/mol. The van der Waals surface area contributed by atoms with Gasteiger partial charge in [0.05, 0.1) is 18.7 Å². The molecule has 0 radical (unpaired) electrons. The lowest BCUT2D eigenvalue weighted by molar-refractivity contribution is 0.416. The molecule has 1 atom stereocenters. The Hall–Kier alpha value is -2.31. The minimum atomic E-state index is 0.316. The minimum Gasteiger partial charge on any atom is -0.496 e. The maximum atomic E-state index is 9.02. The largest absolute Gasteiger partial charge is 0.496 e. The van der Waals surface area contributed by atoms with Gasteiger partial charge in [-0.15, -0.1) is 0 Å². The fourth-order valence-electron chi connectivity index (χ4n) is 2.12. The van der Waals surface area contributed by atoms with E-state index in [1.165, 1.54) is 5.56 Å². The Morgan fingerprint density at radius 1 is 1.15 bits per heavy atom. The maximum Gasteiger partial charge on any atom is 0.126 e. The van der Waals surface area contributed by atoms with E-state index >= 15 is 0 Å². The third-order valence-electron chi connectivity index (χ3n) is 3.48. The molecule has 0 saturated heterocycles. The molecule has 2 rings (SSSR count). The molecule has 0 fully saturated rings. The number of hydrogen-bond donors (Lipinski definition) is 1. The summed E-state index contributed by atoms with van der Waals surface area (Å²) >= 11 is 0. The van der Waals surface area contributed by atoms with Crippen LogP contribution in [-0.2, 0) is 0 Å². The van der Waals surface area contributed by atoms with Crippen molar-refractivity contribution in [2.24, 2.45) is 0 Å².